The molecule has 2 N–H and O–H groups in total. The van der Waals surface area contributed by atoms with Crippen molar-refractivity contribution >= 4 is 29.2 Å². The number of ether oxygens (including phenoxy) is 2. The monoisotopic (exact) mass is 505 g/mol. The average Bonchev–Trinajstić information content (AvgIpc) is 3.22. The molecule has 7 atom stereocenters. The summed E-state index contributed by atoms with van der Waals surface area (Å²) in [4.78, 5) is 30.6. The summed E-state index contributed by atoms with van der Waals surface area (Å²) < 4.78 is 11.9. The summed E-state index contributed by atoms with van der Waals surface area (Å²) in [7, 11) is 0. The maximum Gasteiger partial charge on any atom is 0.309 e. The van der Waals surface area contributed by atoms with Gasteiger partial charge in [-0.1, -0.05) is 39.8 Å². The number of ketones is 1. The number of aryl methyl sites for hydroxylation is 1. The summed E-state index contributed by atoms with van der Waals surface area (Å²) in [6, 6.07) is 0. The third-order valence-corrected chi connectivity index (χ3v) is 8.30. The van der Waals surface area contributed by atoms with Crippen molar-refractivity contribution < 1.29 is 29.3 Å². The van der Waals surface area contributed by atoms with Crippen LogP contribution in [0.25, 0.3) is 6.08 Å². The van der Waals surface area contributed by atoms with Gasteiger partial charge in [0.05, 0.1) is 46.5 Å². The van der Waals surface area contributed by atoms with E-state index in [4.69, 9.17) is 9.47 Å². The standard InChI is InChI=1S/C27H39NO6S/c1-15-9-8-10-27(7)22(34-27)12-20(16(2)11-19-14-35-18(4)28-19)33-23(30)13-21(29)26(5,6)25(32)17(3)24(15)31/h8-9,11,14-15,17,20-22,24,29,31H,10,12-13H2,1-7H3/t15-,17?,20?,21-,22-,24-,27+/m0/s1. The highest BCUT2D eigenvalue weighted by atomic mass is 32.1. The van der Waals surface area contributed by atoms with Crippen LogP contribution in [0.5, 0.6) is 0 Å². The molecule has 35 heavy (non-hydrogen) atoms. The number of hydrogen-bond donors (Lipinski definition) is 2. The zero-order chi connectivity index (χ0) is 26.1. The number of aromatic nitrogens is 1. The molecule has 2 aliphatic rings. The average molecular weight is 506 g/mol. The fraction of sp³-hybridized carbons (Fsp3) is 0.667. The topological polar surface area (TPSA) is 109 Å². The van der Waals surface area contributed by atoms with Gasteiger partial charge >= 0.3 is 5.97 Å². The fourth-order valence-electron chi connectivity index (χ4n) is 4.67. The molecule has 0 bridgehead atoms. The van der Waals surface area contributed by atoms with E-state index in [1.165, 1.54) is 0 Å². The van der Waals surface area contributed by atoms with Crippen LogP contribution in [0, 0.1) is 24.2 Å². The Morgan fingerprint density at radius 1 is 1.23 bits per heavy atom. The Morgan fingerprint density at radius 3 is 2.54 bits per heavy atom. The molecule has 7 nitrogen and oxygen atoms in total. The van der Waals surface area contributed by atoms with E-state index in [1.54, 1.807) is 32.1 Å². The molecule has 3 rings (SSSR count). The van der Waals surface area contributed by atoms with E-state index in [1.807, 2.05) is 51.3 Å². The van der Waals surface area contributed by atoms with E-state index in [2.05, 4.69) is 4.98 Å². The molecule has 0 saturated carbocycles. The van der Waals surface area contributed by atoms with Crippen LogP contribution in [-0.4, -0.2) is 57.0 Å². The smallest absolute Gasteiger partial charge is 0.309 e. The van der Waals surface area contributed by atoms with Crippen LogP contribution < -0.4 is 0 Å². The lowest BCUT2D eigenvalue weighted by Crippen LogP contribution is -2.45. The Balaban J connectivity index is 1.89. The Hall–Kier alpha value is -1.87. The second-order valence-corrected chi connectivity index (χ2v) is 12.0. The van der Waals surface area contributed by atoms with Crippen LogP contribution >= 0.6 is 11.3 Å². The number of aliphatic hydroxyl groups is 2. The van der Waals surface area contributed by atoms with Crippen LogP contribution in [0.1, 0.15) is 71.5 Å². The second kappa shape index (κ2) is 10.6. The summed E-state index contributed by atoms with van der Waals surface area (Å²) in [5, 5.41) is 24.5. The van der Waals surface area contributed by atoms with Gasteiger partial charge in [-0.25, -0.2) is 4.98 Å². The number of carbonyl (C=O) groups is 2. The molecule has 1 aromatic rings. The van der Waals surface area contributed by atoms with Gasteiger partial charge in [0.25, 0.3) is 0 Å². The first kappa shape index (κ1) is 27.7. The van der Waals surface area contributed by atoms with E-state index in [-0.39, 0.29) is 29.8 Å². The lowest BCUT2D eigenvalue weighted by molar-refractivity contribution is -0.154. The Morgan fingerprint density at radius 2 is 1.91 bits per heavy atom. The van der Waals surface area contributed by atoms with Crippen LogP contribution in [0.4, 0.5) is 0 Å². The number of thiazole rings is 1. The van der Waals surface area contributed by atoms with Crippen molar-refractivity contribution in [3.63, 3.8) is 0 Å². The molecule has 1 fully saturated rings. The fourth-order valence-corrected chi connectivity index (χ4v) is 5.24. The van der Waals surface area contributed by atoms with Gasteiger partial charge < -0.3 is 19.7 Å². The van der Waals surface area contributed by atoms with Crippen molar-refractivity contribution in [1.82, 2.24) is 4.98 Å². The van der Waals surface area contributed by atoms with Gasteiger partial charge in [-0.3, -0.25) is 9.59 Å². The highest BCUT2D eigenvalue weighted by Gasteiger charge is 2.52. The molecule has 194 valence electrons. The molecule has 1 saturated heterocycles. The molecule has 0 amide bonds. The number of carbonyl (C=O) groups excluding carboxylic acids is 2. The normalized spacial score (nSPS) is 37.0. The van der Waals surface area contributed by atoms with Gasteiger partial charge in [-0.05, 0) is 38.8 Å². The van der Waals surface area contributed by atoms with Crippen molar-refractivity contribution in [2.45, 2.75) is 97.7 Å². The SMILES string of the molecule is CC(=Cc1csc(C)n1)C1C[C@@H]2O[C@]2(C)CC=C[C@H](C)[C@H](O)C(C)C(=O)C(C)(C)[C@@H](O)CC(=O)O1. The van der Waals surface area contributed by atoms with Gasteiger partial charge in [0.1, 0.15) is 11.9 Å². The first-order chi connectivity index (χ1) is 16.2. The van der Waals surface area contributed by atoms with E-state index in [9.17, 15) is 19.8 Å². The first-order valence-corrected chi connectivity index (χ1v) is 13.2. The number of fused-ring (bicyclic) bond motifs is 1. The molecule has 0 aliphatic carbocycles. The molecule has 1 aromatic heterocycles. The highest BCUT2D eigenvalue weighted by molar-refractivity contribution is 7.09. The van der Waals surface area contributed by atoms with E-state index < -0.39 is 35.6 Å². The van der Waals surface area contributed by atoms with Crippen molar-refractivity contribution in [1.29, 1.82) is 0 Å². The van der Waals surface area contributed by atoms with Crippen molar-refractivity contribution in [2.24, 2.45) is 17.3 Å². The number of cyclic esters (lactones) is 1. The number of Topliss-reactive ketones (excluding diaryl/α,β-unsaturated/α-hetero) is 1. The predicted molar refractivity (Wildman–Crippen MR) is 136 cm³/mol. The van der Waals surface area contributed by atoms with E-state index >= 15 is 0 Å². The molecule has 8 heteroatoms. The Labute approximate surface area is 212 Å². The van der Waals surface area contributed by atoms with Crippen LogP contribution in [-0.2, 0) is 19.1 Å². The van der Waals surface area contributed by atoms with Crippen molar-refractivity contribution in [3.05, 3.63) is 33.8 Å². The third-order valence-electron chi connectivity index (χ3n) is 7.51. The van der Waals surface area contributed by atoms with Gasteiger partial charge in [0, 0.05) is 23.6 Å². The van der Waals surface area contributed by atoms with Crippen molar-refractivity contribution in [2.75, 3.05) is 0 Å². The molecular weight excluding hydrogens is 466 g/mol. The number of epoxide rings is 1. The summed E-state index contributed by atoms with van der Waals surface area (Å²) in [5.74, 6) is -1.83. The van der Waals surface area contributed by atoms with Gasteiger partial charge in [-0.2, -0.15) is 0 Å². The Kier molecular flexibility index (Phi) is 8.41. The lowest BCUT2D eigenvalue weighted by atomic mass is 9.73. The minimum atomic E-state index is -1.25. The quantitative estimate of drug-likeness (QED) is 0.351. The minimum Gasteiger partial charge on any atom is -0.458 e. The summed E-state index contributed by atoms with van der Waals surface area (Å²) in [6.45, 7) is 12.6. The van der Waals surface area contributed by atoms with Crippen LogP contribution in [0.15, 0.2) is 23.1 Å². The predicted octanol–water partition coefficient (Wildman–Crippen LogP) is 4.25. The molecule has 0 radical (unpaired) electrons. The van der Waals surface area contributed by atoms with Crippen LogP contribution in [0.3, 0.4) is 0 Å². The molecule has 2 aliphatic heterocycles. The number of hydrogen-bond acceptors (Lipinski definition) is 8. The van der Waals surface area contributed by atoms with Gasteiger partial charge in [0.15, 0.2) is 0 Å². The van der Waals surface area contributed by atoms with Crippen LogP contribution in [0.2, 0.25) is 0 Å². The molecular formula is C27H39NO6S. The lowest BCUT2D eigenvalue weighted by Gasteiger charge is -2.34. The van der Waals surface area contributed by atoms with E-state index in [0.717, 1.165) is 16.3 Å². The molecule has 0 spiro atoms. The highest BCUT2D eigenvalue weighted by Crippen LogP contribution is 2.44. The minimum absolute atomic E-state index is 0.0968. The largest absolute Gasteiger partial charge is 0.458 e. The maximum atomic E-state index is 13.2. The molecule has 3 heterocycles. The summed E-state index contributed by atoms with van der Waals surface area (Å²) in [6.07, 6.45) is 3.84. The number of rotatable bonds is 2. The van der Waals surface area contributed by atoms with Gasteiger partial charge in [-0.15, -0.1) is 11.3 Å². The maximum absolute atomic E-state index is 13.2. The Bertz CT molecular complexity index is 998. The van der Waals surface area contributed by atoms with Crippen molar-refractivity contribution in [3.8, 4) is 0 Å². The number of nitrogens with zero attached hydrogens (tertiary/aromatic N) is 1. The second-order valence-electron chi connectivity index (χ2n) is 10.9. The zero-order valence-electron chi connectivity index (χ0n) is 21.8. The third kappa shape index (κ3) is 6.47. The first-order valence-electron chi connectivity index (χ1n) is 12.3. The summed E-state index contributed by atoms with van der Waals surface area (Å²) in [5.41, 5.74) is 0.0391. The number of esters is 1. The van der Waals surface area contributed by atoms with E-state index in [0.29, 0.717) is 12.8 Å². The summed E-state index contributed by atoms with van der Waals surface area (Å²) >= 11 is 1.55. The molecule has 0 aromatic carbocycles. The number of aliphatic hydroxyl groups excluding tert-OH is 2. The molecule has 2 unspecified atom stereocenters. The van der Waals surface area contributed by atoms with Gasteiger partial charge in [0.2, 0.25) is 0 Å². The zero-order valence-corrected chi connectivity index (χ0v) is 22.6.